The molecule has 2 fully saturated rings. The van der Waals surface area contributed by atoms with Crippen LogP contribution in [0.5, 0.6) is 11.5 Å². The monoisotopic (exact) mass is 507 g/mol. The number of allylic oxidation sites excluding steroid dienone is 1. The molecule has 0 spiro atoms. The second-order valence-electron chi connectivity index (χ2n) is 9.56. The Morgan fingerprint density at radius 3 is 2.55 bits per heavy atom. The van der Waals surface area contributed by atoms with Gasteiger partial charge in [-0.15, -0.1) is 0 Å². The van der Waals surface area contributed by atoms with Crippen molar-refractivity contribution in [3.8, 4) is 17.6 Å². The number of hydrogen-bond donors (Lipinski definition) is 3. The summed E-state index contributed by atoms with van der Waals surface area (Å²) in [6.07, 6.45) is 6.86. The third-order valence-corrected chi connectivity index (χ3v) is 6.67. The smallest absolute Gasteiger partial charge is 0.264 e. The number of nitrogens with zero attached hydrogens (tertiary/aromatic N) is 4. The summed E-state index contributed by atoms with van der Waals surface area (Å²) in [6.45, 7) is 1.04. The first-order chi connectivity index (χ1) is 18.5. The number of benzene rings is 2. The third kappa shape index (κ3) is 5.81. The summed E-state index contributed by atoms with van der Waals surface area (Å²) in [5.41, 5.74) is 7.66. The van der Waals surface area contributed by atoms with Crippen molar-refractivity contribution < 1.29 is 9.53 Å². The maximum atomic E-state index is 13.0. The first-order valence-electron chi connectivity index (χ1n) is 12.7. The number of likely N-dealkylation sites (tertiary alicyclic amines) is 1. The molecule has 2 aromatic carbocycles. The minimum Gasteiger partial charge on any atom is -0.457 e. The summed E-state index contributed by atoms with van der Waals surface area (Å²) < 4.78 is 5.86. The van der Waals surface area contributed by atoms with E-state index in [1.54, 1.807) is 35.2 Å². The molecule has 9 heteroatoms. The number of nitrogen functional groups attached to an aromatic ring is 1. The Morgan fingerprint density at radius 2 is 1.84 bits per heavy atom. The zero-order valence-corrected chi connectivity index (χ0v) is 20.9. The van der Waals surface area contributed by atoms with Crippen molar-refractivity contribution in [1.29, 1.82) is 10.7 Å². The molecule has 1 unspecified atom stereocenters. The van der Waals surface area contributed by atoms with Crippen molar-refractivity contribution in [3.05, 3.63) is 83.7 Å². The van der Waals surface area contributed by atoms with Crippen LogP contribution in [-0.2, 0) is 4.79 Å². The number of ether oxygens (including phenoxy) is 1. The SMILES string of the molecule is N#C/C(=C\C1CC1)C(=O)N1CCCC(Nc2ncnc(N)c2C(=N)c2ccc(Oc3ccccc3)cc2)C1. The van der Waals surface area contributed by atoms with Crippen LogP contribution in [0.2, 0.25) is 0 Å². The predicted molar refractivity (Wildman–Crippen MR) is 145 cm³/mol. The average Bonchev–Trinajstić information content (AvgIpc) is 3.77. The second kappa shape index (κ2) is 11.1. The predicted octanol–water partition coefficient (Wildman–Crippen LogP) is 4.53. The van der Waals surface area contributed by atoms with E-state index in [0.717, 1.165) is 31.4 Å². The Labute approximate surface area is 221 Å². The van der Waals surface area contributed by atoms with E-state index in [-0.39, 0.29) is 29.1 Å². The highest BCUT2D eigenvalue weighted by molar-refractivity contribution is 6.16. The lowest BCUT2D eigenvalue weighted by Crippen LogP contribution is -2.45. The number of piperidine rings is 1. The Kier molecular flexibility index (Phi) is 7.31. The molecule has 1 aliphatic carbocycles. The van der Waals surface area contributed by atoms with Gasteiger partial charge in [-0.05, 0) is 68.0 Å². The van der Waals surface area contributed by atoms with Gasteiger partial charge in [0.1, 0.15) is 41.1 Å². The summed E-state index contributed by atoms with van der Waals surface area (Å²) in [6, 6.07) is 18.7. The van der Waals surface area contributed by atoms with Gasteiger partial charge in [-0.25, -0.2) is 9.97 Å². The standard InChI is InChI=1S/C29H29N7O2/c30-16-21(15-19-8-9-19)29(37)36-14-4-5-22(17-36)35-28-25(27(32)33-18-34-28)26(31)20-10-12-24(13-11-20)38-23-6-2-1-3-7-23/h1-3,6-7,10-13,15,18-19,22,31H,4-5,8-9,14,17H2,(H3,32,33,34,35)/b21-15+,31-26?. The third-order valence-electron chi connectivity index (χ3n) is 6.67. The van der Waals surface area contributed by atoms with Crippen molar-refractivity contribution >= 4 is 23.3 Å². The fraction of sp³-hybridized carbons (Fsp3) is 0.276. The first-order valence-corrected chi connectivity index (χ1v) is 12.7. The minimum atomic E-state index is -0.223. The number of aromatic nitrogens is 2. The van der Waals surface area contributed by atoms with Crippen LogP contribution in [0.25, 0.3) is 0 Å². The van der Waals surface area contributed by atoms with E-state index in [0.29, 0.717) is 41.7 Å². The molecule has 4 N–H and O–H groups in total. The van der Waals surface area contributed by atoms with Gasteiger partial charge in [-0.1, -0.05) is 24.3 Å². The van der Waals surface area contributed by atoms with Gasteiger partial charge >= 0.3 is 0 Å². The topological polar surface area (TPSA) is 141 Å². The molecule has 2 heterocycles. The van der Waals surface area contributed by atoms with Gasteiger partial charge in [0, 0.05) is 24.7 Å². The van der Waals surface area contributed by atoms with Crippen LogP contribution < -0.4 is 15.8 Å². The van der Waals surface area contributed by atoms with Gasteiger partial charge in [0.25, 0.3) is 5.91 Å². The Morgan fingerprint density at radius 1 is 1.11 bits per heavy atom. The van der Waals surface area contributed by atoms with Crippen LogP contribution >= 0.6 is 0 Å². The molecule has 3 aromatic rings. The lowest BCUT2D eigenvalue weighted by molar-refractivity contribution is -0.127. The zero-order chi connectivity index (χ0) is 26.5. The number of nitrogens with one attached hydrogen (secondary N) is 2. The van der Waals surface area contributed by atoms with Gasteiger partial charge in [0.05, 0.1) is 11.3 Å². The quantitative estimate of drug-likeness (QED) is 0.231. The zero-order valence-electron chi connectivity index (χ0n) is 20.9. The number of nitriles is 1. The Bertz CT molecular complexity index is 1390. The molecular weight excluding hydrogens is 478 g/mol. The van der Waals surface area contributed by atoms with Crippen molar-refractivity contribution in [2.24, 2.45) is 5.92 Å². The molecule has 0 bridgehead atoms. The van der Waals surface area contributed by atoms with Crippen molar-refractivity contribution in [2.45, 2.75) is 31.7 Å². The summed E-state index contributed by atoms with van der Waals surface area (Å²) in [7, 11) is 0. The molecule has 38 heavy (non-hydrogen) atoms. The number of rotatable bonds is 8. The fourth-order valence-electron chi connectivity index (χ4n) is 4.51. The van der Waals surface area contributed by atoms with Gasteiger partial charge in [0.2, 0.25) is 0 Å². The largest absolute Gasteiger partial charge is 0.457 e. The van der Waals surface area contributed by atoms with Crippen LogP contribution in [0.3, 0.4) is 0 Å². The highest BCUT2D eigenvalue weighted by Gasteiger charge is 2.29. The summed E-state index contributed by atoms with van der Waals surface area (Å²) >= 11 is 0. The molecule has 0 radical (unpaired) electrons. The van der Waals surface area contributed by atoms with Crippen LogP contribution in [0.15, 0.2) is 72.6 Å². The van der Waals surface area contributed by atoms with Gasteiger partial charge in [-0.3, -0.25) is 10.2 Å². The Hall–Kier alpha value is -4.71. The molecule has 1 aromatic heterocycles. The number of para-hydroxylation sites is 1. The molecule has 5 rings (SSSR count). The highest BCUT2D eigenvalue weighted by Crippen LogP contribution is 2.32. The summed E-state index contributed by atoms with van der Waals surface area (Å²) in [4.78, 5) is 23.2. The van der Waals surface area contributed by atoms with E-state index in [9.17, 15) is 10.1 Å². The lowest BCUT2D eigenvalue weighted by atomic mass is 10.0. The number of anilines is 2. The first kappa shape index (κ1) is 25.0. The molecule has 1 saturated carbocycles. The Balaban J connectivity index is 1.30. The molecular formula is C29H29N7O2. The van der Waals surface area contributed by atoms with E-state index < -0.39 is 0 Å². The van der Waals surface area contributed by atoms with Crippen molar-refractivity contribution in [1.82, 2.24) is 14.9 Å². The highest BCUT2D eigenvalue weighted by atomic mass is 16.5. The number of amides is 1. The van der Waals surface area contributed by atoms with Gasteiger partial charge in [-0.2, -0.15) is 5.26 Å². The van der Waals surface area contributed by atoms with Crippen molar-refractivity contribution in [2.75, 3.05) is 24.1 Å². The number of carbonyl (C=O) groups is 1. The molecule has 1 saturated heterocycles. The summed E-state index contributed by atoms with van der Waals surface area (Å²) in [5.74, 6) is 2.15. The maximum absolute atomic E-state index is 13.0. The number of nitrogens with two attached hydrogens (primary N) is 1. The lowest BCUT2D eigenvalue weighted by Gasteiger charge is -2.33. The normalized spacial score (nSPS) is 17.4. The molecule has 192 valence electrons. The number of carbonyl (C=O) groups excluding carboxylic acids is 1. The molecule has 1 atom stereocenters. The van der Waals surface area contributed by atoms with Crippen LogP contribution in [0.1, 0.15) is 36.8 Å². The van der Waals surface area contributed by atoms with E-state index >= 15 is 0 Å². The molecule has 1 aliphatic heterocycles. The van der Waals surface area contributed by atoms with Crippen LogP contribution in [-0.4, -0.2) is 45.6 Å². The van der Waals surface area contributed by atoms with E-state index in [2.05, 4.69) is 21.4 Å². The van der Waals surface area contributed by atoms with Crippen LogP contribution in [0, 0.1) is 22.7 Å². The van der Waals surface area contributed by atoms with E-state index in [1.807, 2.05) is 30.3 Å². The molecule has 9 nitrogen and oxygen atoms in total. The van der Waals surface area contributed by atoms with Crippen molar-refractivity contribution in [3.63, 3.8) is 0 Å². The average molecular weight is 508 g/mol. The summed E-state index contributed by atoms with van der Waals surface area (Å²) in [5, 5.41) is 21.7. The minimum absolute atomic E-state index is 0.101. The van der Waals surface area contributed by atoms with Gasteiger partial charge < -0.3 is 20.7 Å². The van der Waals surface area contributed by atoms with E-state index in [4.69, 9.17) is 15.9 Å². The molecule has 2 aliphatic rings. The maximum Gasteiger partial charge on any atom is 0.264 e. The number of hydrogen-bond acceptors (Lipinski definition) is 8. The molecule has 1 amide bonds. The fourth-order valence-corrected chi connectivity index (χ4v) is 4.51. The van der Waals surface area contributed by atoms with Crippen LogP contribution in [0.4, 0.5) is 11.6 Å². The second-order valence-corrected chi connectivity index (χ2v) is 9.56. The van der Waals surface area contributed by atoms with Gasteiger partial charge in [0.15, 0.2) is 0 Å². The van der Waals surface area contributed by atoms with E-state index in [1.165, 1.54) is 6.33 Å².